The first kappa shape index (κ1) is 54.7. The topological polar surface area (TPSA) is 507 Å². The monoisotopic (exact) mass is 1120 g/mol. The van der Waals surface area contributed by atoms with Gasteiger partial charge in [0.1, 0.15) is 54.1 Å². The number of aromatic amines is 2. The van der Waals surface area contributed by atoms with Crippen molar-refractivity contribution in [2.75, 3.05) is 52.1 Å². The summed E-state index contributed by atoms with van der Waals surface area (Å²) < 4.78 is 110. The summed E-state index contributed by atoms with van der Waals surface area (Å²) in [7, 11) is -19.4. The van der Waals surface area contributed by atoms with Crippen LogP contribution in [0.2, 0.25) is 0 Å². The molecule has 0 saturated carbocycles. The molecule has 13 N–H and O–H groups in total. The molecule has 0 radical (unpaired) electrons. The van der Waals surface area contributed by atoms with Crippen LogP contribution in [-0.4, -0.2) is 168 Å². The van der Waals surface area contributed by atoms with Gasteiger partial charge in [-0.3, -0.25) is 46.9 Å². The number of fused-ring (bicyclic) bond motifs is 2. The van der Waals surface area contributed by atoms with Crippen LogP contribution in [0, 0.1) is 5.92 Å². The van der Waals surface area contributed by atoms with E-state index in [0.29, 0.717) is 0 Å². The normalized spacial score (nSPS) is 30.9. The molecule has 5 aromatic heterocycles. The van der Waals surface area contributed by atoms with E-state index in [0.717, 1.165) is 36.6 Å². The number of nitrogens with zero attached hydrogens (tertiary/aromatic N) is 8. The SMILES string of the molecule is COC[C@H]1[C@@H](O)[C@H]([n+]2cn(C)c3c(=O)[nH]c(N)nc32)O[C@@H]1COP(=O)(O)OP(=O)(O)OP(=O)(O)OC[C@H]1O[C@@H](n2cnc3c(N)ncnc32)[C@H](OC)[C@@H]1P(=O)(O)OC[C@H]1O[C@@H](n2ccc(=O)[nH]c2=O)[C@H](O)[C@@H]1O. The quantitative estimate of drug-likeness (QED) is 0.0262. The van der Waals surface area contributed by atoms with Gasteiger partial charge in [-0.1, -0.05) is 4.98 Å². The Labute approximate surface area is 406 Å². The van der Waals surface area contributed by atoms with Crippen LogP contribution in [0.3, 0.4) is 0 Å². The molecule has 40 heteroatoms. The predicted octanol–water partition coefficient (Wildman–Crippen LogP) is -3.91. The van der Waals surface area contributed by atoms with Gasteiger partial charge >= 0.3 is 42.4 Å². The summed E-state index contributed by atoms with van der Waals surface area (Å²) in [6, 6.07) is 0.927. The van der Waals surface area contributed by atoms with E-state index in [2.05, 4.69) is 33.5 Å². The number of aliphatic hydroxyl groups excluding tert-OH is 3. The van der Waals surface area contributed by atoms with Crippen LogP contribution in [0.4, 0.5) is 11.8 Å². The summed E-state index contributed by atoms with van der Waals surface area (Å²) in [5, 5.41) is 32.7. The van der Waals surface area contributed by atoms with Gasteiger partial charge in [0.15, 0.2) is 30.2 Å². The highest BCUT2D eigenvalue weighted by molar-refractivity contribution is 7.66. The largest absolute Gasteiger partial charge is 0.490 e. The van der Waals surface area contributed by atoms with Gasteiger partial charge in [-0.2, -0.15) is 8.62 Å². The number of nitrogens with two attached hydrogens (primary N) is 2. The van der Waals surface area contributed by atoms with Crippen molar-refractivity contribution in [1.82, 2.24) is 43.6 Å². The number of aliphatic hydroxyl groups is 3. The number of rotatable bonds is 20. The zero-order valence-electron chi connectivity index (χ0n) is 37.7. The van der Waals surface area contributed by atoms with Crippen molar-refractivity contribution in [3.8, 4) is 0 Å². The zero-order valence-corrected chi connectivity index (χ0v) is 41.3. The summed E-state index contributed by atoms with van der Waals surface area (Å²) in [4.78, 5) is 100. The number of phosphoric ester groups is 2. The third-order valence-corrected chi connectivity index (χ3v) is 17.8. The molecule has 3 aliphatic rings. The van der Waals surface area contributed by atoms with Crippen molar-refractivity contribution in [3.63, 3.8) is 0 Å². The van der Waals surface area contributed by atoms with E-state index in [9.17, 15) is 67.5 Å². The number of hydrogen-bond donors (Lipinski definition) is 11. The molecule has 402 valence electrons. The molecule has 36 nitrogen and oxygen atoms in total. The van der Waals surface area contributed by atoms with Crippen LogP contribution in [0.25, 0.3) is 22.3 Å². The lowest BCUT2D eigenvalue weighted by Gasteiger charge is -2.28. The number of H-pyrrole nitrogens is 2. The number of nitrogen functional groups attached to an aromatic ring is 2. The average Bonchev–Trinajstić information content (AvgIpc) is 4.10. The molecular weight excluding hydrogens is 1070 g/mol. The number of aromatic nitrogens is 10. The maximum atomic E-state index is 14.3. The van der Waals surface area contributed by atoms with E-state index in [1.807, 2.05) is 4.98 Å². The molecule has 0 aliphatic carbocycles. The second-order valence-electron chi connectivity index (χ2n) is 16.4. The molecule has 0 amide bonds. The second-order valence-corrected chi connectivity index (χ2v) is 23.0. The summed E-state index contributed by atoms with van der Waals surface area (Å²) in [5.74, 6) is -1.40. The number of phosphoric acid groups is 3. The number of aryl methyl sites for hydroxylation is 1. The highest BCUT2D eigenvalue weighted by atomic mass is 31.3. The fourth-order valence-corrected chi connectivity index (χ4v) is 13.7. The third kappa shape index (κ3) is 11.2. The highest BCUT2D eigenvalue weighted by Crippen LogP contribution is 2.68. The Kier molecular flexibility index (Phi) is 15.6. The van der Waals surface area contributed by atoms with Crippen LogP contribution in [0.1, 0.15) is 18.7 Å². The van der Waals surface area contributed by atoms with Gasteiger partial charge in [0.05, 0.1) is 45.9 Å². The van der Waals surface area contributed by atoms with Crippen LogP contribution >= 0.6 is 31.1 Å². The van der Waals surface area contributed by atoms with Gasteiger partial charge in [0, 0.05) is 32.4 Å². The third-order valence-electron chi connectivity index (χ3n) is 11.7. The van der Waals surface area contributed by atoms with Gasteiger partial charge in [0.2, 0.25) is 11.7 Å². The molecular formula is C33H47N12O24P4+. The molecule has 0 bridgehead atoms. The Hall–Kier alpha value is -4.58. The van der Waals surface area contributed by atoms with Crippen LogP contribution in [0.15, 0.2) is 45.6 Å². The van der Waals surface area contributed by atoms with E-state index in [4.69, 9.17) is 48.7 Å². The van der Waals surface area contributed by atoms with E-state index < -0.39 is 141 Å². The van der Waals surface area contributed by atoms with E-state index in [1.165, 1.54) is 34.2 Å². The molecule has 73 heavy (non-hydrogen) atoms. The molecule has 16 atom stereocenters. The Morgan fingerprint density at radius 3 is 2.10 bits per heavy atom. The van der Waals surface area contributed by atoms with Crippen molar-refractivity contribution < 1.29 is 104 Å². The summed E-state index contributed by atoms with van der Waals surface area (Å²) in [6.07, 6.45) is -11.6. The highest BCUT2D eigenvalue weighted by Gasteiger charge is 2.58. The summed E-state index contributed by atoms with van der Waals surface area (Å²) in [5.41, 5.74) is 7.28. The lowest BCUT2D eigenvalue weighted by atomic mass is 9.99. The van der Waals surface area contributed by atoms with Gasteiger partial charge in [-0.15, -0.1) is 0 Å². The molecule has 5 aromatic rings. The Bertz CT molecular complexity index is 3240. The minimum absolute atomic E-state index is 0.00660. The standard InChI is InChI=1S/C33H46N12O24P4/c1-42-12-45(27-19(42)28(50)41-32(35)40-27)29-20(47)13(6-60-2)14(65-29)7-63-71(54,55)68-73(58,59)69-72(56,57)64-9-16-24(23(61-3)31(67-16)44-11-38-18-25(34)36-10-37-26(18)44)70(52,53)62-8-15-21(48)22(49)30(66-15)43-5-4-17(46)39-33(43)51/h4-5,10-16,20-24,29-31,47-49H,6-9H2,1-3H3,(H9-,34,35,36,37,39,40,41,46,50,51,52,53,54,55,56,57,58,59)/p+1/t13-,14-,15-,16-,20-,21-,22-,23-,24-,29-,30-,31-/m1/s1. The Morgan fingerprint density at radius 1 is 0.781 bits per heavy atom. The molecule has 4 unspecified atom stereocenters. The average molecular weight is 1120 g/mol. The predicted molar refractivity (Wildman–Crippen MR) is 236 cm³/mol. The summed E-state index contributed by atoms with van der Waals surface area (Å²) >= 11 is 0. The minimum atomic E-state index is -6.19. The van der Waals surface area contributed by atoms with Gasteiger partial charge in [-0.05, 0) is 0 Å². The number of methoxy groups -OCH3 is 2. The fourth-order valence-electron chi connectivity index (χ4n) is 8.47. The first-order valence-corrected chi connectivity index (χ1v) is 27.1. The second kappa shape index (κ2) is 20.9. The first-order valence-electron chi connectivity index (χ1n) is 20.9. The molecule has 0 spiro atoms. The Balaban J connectivity index is 0.957. The number of nitrogens with one attached hydrogen (secondary N) is 2. The van der Waals surface area contributed by atoms with Crippen molar-refractivity contribution in [2.45, 2.75) is 67.1 Å². The minimum Gasteiger partial charge on any atom is -0.387 e. The lowest BCUT2D eigenvalue weighted by Crippen LogP contribution is -2.45. The fraction of sp³-hybridized carbons (Fsp3) is 0.576. The maximum absolute atomic E-state index is 14.3. The van der Waals surface area contributed by atoms with Crippen molar-refractivity contribution in [2.24, 2.45) is 13.0 Å². The number of imidazole rings is 2. The Morgan fingerprint density at radius 2 is 1.44 bits per heavy atom. The molecule has 3 aliphatic heterocycles. The van der Waals surface area contributed by atoms with Crippen molar-refractivity contribution in [1.29, 1.82) is 0 Å². The number of anilines is 2. The van der Waals surface area contributed by atoms with Crippen molar-refractivity contribution >= 4 is 65.2 Å². The molecule has 3 fully saturated rings. The first-order chi connectivity index (χ1) is 34.2. The van der Waals surface area contributed by atoms with Crippen LogP contribution < -0.4 is 32.8 Å². The van der Waals surface area contributed by atoms with Gasteiger partial charge in [0.25, 0.3) is 17.1 Å². The maximum Gasteiger partial charge on any atom is 0.490 e. The molecule has 0 aromatic carbocycles. The molecule has 8 heterocycles. The van der Waals surface area contributed by atoms with Crippen LogP contribution in [0.5, 0.6) is 0 Å². The number of hydrogen-bond acceptors (Lipinski definition) is 26. The zero-order chi connectivity index (χ0) is 53.1. The molecule has 8 rings (SSSR count). The van der Waals surface area contributed by atoms with E-state index >= 15 is 0 Å². The van der Waals surface area contributed by atoms with Gasteiger partial charge in [-0.25, -0.2) is 38.0 Å². The van der Waals surface area contributed by atoms with Gasteiger partial charge < -0.3 is 74.6 Å². The summed E-state index contributed by atoms with van der Waals surface area (Å²) in [6.45, 7) is -3.51. The number of ether oxygens (including phenoxy) is 5. The smallest absolute Gasteiger partial charge is 0.387 e. The van der Waals surface area contributed by atoms with Crippen LogP contribution in [-0.2, 0) is 71.2 Å². The molecule has 3 saturated heterocycles. The van der Waals surface area contributed by atoms with Crippen molar-refractivity contribution in [3.05, 3.63) is 62.4 Å². The van der Waals surface area contributed by atoms with E-state index in [1.54, 1.807) is 0 Å². The van der Waals surface area contributed by atoms with E-state index in [-0.39, 0.29) is 40.7 Å². The lowest BCUT2D eigenvalue weighted by molar-refractivity contribution is -0.745.